The molecule has 2 aromatic carbocycles. The highest BCUT2D eigenvalue weighted by Gasteiger charge is 2.47. The van der Waals surface area contributed by atoms with Crippen LogP contribution in [0.15, 0.2) is 54.6 Å². The van der Waals surface area contributed by atoms with Gasteiger partial charge in [0.25, 0.3) is 5.91 Å². The zero-order valence-corrected chi connectivity index (χ0v) is 19.7. The van der Waals surface area contributed by atoms with Crippen molar-refractivity contribution in [2.45, 2.75) is 69.6 Å². The molecule has 0 bridgehead atoms. The molecule has 2 aliphatic heterocycles. The Balaban J connectivity index is 1.21. The van der Waals surface area contributed by atoms with E-state index in [0.29, 0.717) is 11.5 Å². The van der Waals surface area contributed by atoms with E-state index in [1.165, 1.54) is 18.6 Å². The molecule has 2 heterocycles. The number of carbonyl (C=O) groups is 2. The fourth-order valence-corrected chi connectivity index (χ4v) is 6.10. The highest BCUT2D eigenvalue weighted by Crippen LogP contribution is 2.40. The second kappa shape index (κ2) is 10.3. The number of hydrogen-bond acceptors (Lipinski definition) is 3. The number of fused-ring (bicyclic) bond motifs is 1. The molecule has 0 radical (unpaired) electrons. The normalized spacial score (nSPS) is 25.7. The molecule has 1 aliphatic carbocycles. The van der Waals surface area contributed by atoms with Crippen LogP contribution in [0.5, 0.6) is 0 Å². The molecule has 3 unspecified atom stereocenters. The van der Waals surface area contributed by atoms with Gasteiger partial charge in [-0.15, -0.1) is 0 Å². The number of nitrogens with zero attached hydrogens (tertiary/aromatic N) is 2. The van der Waals surface area contributed by atoms with Crippen molar-refractivity contribution in [3.05, 3.63) is 71.5 Å². The second-order valence-electron chi connectivity index (χ2n) is 10.1. The molecular formula is C28H34FN3O2. The summed E-state index contributed by atoms with van der Waals surface area (Å²) in [5, 5.41) is 3.29. The summed E-state index contributed by atoms with van der Waals surface area (Å²) in [6.45, 7) is 2.59. The van der Waals surface area contributed by atoms with Crippen molar-refractivity contribution >= 4 is 11.8 Å². The molecule has 5 rings (SSSR count). The maximum Gasteiger partial charge on any atom is 0.254 e. The van der Waals surface area contributed by atoms with Crippen LogP contribution in [-0.4, -0.2) is 52.8 Å². The quantitative estimate of drug-likeness (QED) is 0.716. The first-order valence-electron chi connectivity index (χ1n) is 12.7. The second-order valence-corrected chi connectivity index (χ2v) is 10.1. The summed E-state index contributed by atoms with van der Waals surface area (Å²) in [4.78, 5) is 31.2. The Hall–Kier alpha value is -2.73. The van der Waals surface area contributed by atoms with Crippen molar-refractivity contribution < 1.29 is 14.0 Å². The van der Waals surface area contributed by atoms with Gasteiger partial charge < -0.3 is 10.2 Å². The van der Waals surface area contributed by atoms with E-state index < -0.39 is 0 Å². The predicted octanol–water partition coefficient (Wildman–Crippen LogP) is 4.38. The van der Waals surface area contributed by atoms with Gasteiger partial charge in [-0.25, -0.2) is 4.39 Å². The van der Waals surface area contributed by atoms with E-state index in [-0.39, 0.29) is 35.8 Å². The molecule has 6 heteroatoms. The Morgan fingerprint density at radius 1 is 0.912 bits per heavy atom. The Kier molecular flexibility index (Phi) is 6.95. The van der Waals surface area contributed by atoms with Crippen LogP contribution in [0, 0.1) is 11.7 Å². The van der Waals surface area contributed by atoms with Crippen molar-refractivity contribution in [2.24, 2.45) is 5.92 Å². The maximum atomic E-state index is 13.5. The Morgan fingerprint density at radius 2 is 1.62 bits per heavy atom. The third kappa shape index (κ3) is 5.02. The topological polar surface area (TPSA) is 52.7 Å². The number of hydrogen-bond donors (Lipinski definition) is 1. The van der Waals surface area contributed by atoms with Crippen molar-refractivity contribution in [3.8, 4) is 0 Å². The first kappa shape index (κ1) is 23.0. The molecular weight excluding hydrogens is 429 g/mol. The highest BCUT2D eigenvalue weighted by molar-refractivity contribution is 5.98. The van der Waals surface area contributed by atoms with Crippen LogP contribution in [0.3, 0.4) is 0 Å². The molecule has 2 amide bonds. The summed E-state index contributed by atoms with van der Waals surface area (Å²) in [5.41, 5.74) is 1.77. The number of benzene rings is 2. The monoisotopic (exact) mass is 463 g/mol. The van der Waals surface area contributed by atoms with Gasteiger partial charge in [-0.1, -0.05) is 43.2 Å². The van der Waals surface area contributed by atoms with Crippen LogP contribution in [0.1, 0.15) is 60.9 Å². The third-order valence-electron chi connectivity index (χ3n) is 7.90. The Bertz CT molecular complexity index is 988. The molecule has 0 spiro atoms. The Morgan fingerprint density at radius 3 is 2.35 bits per heavy atom. The van der Waals surface area contributed by atoms with E-state index >= 15 is 0 Å². The lowest BCUT2D eigenvalue weighted by atomic mass is 9.84. The van der Waals surface area contributed by atoms with E-state index in [1.54, 1.807) is 0 Å². The minimum Gasteiger partial charge on any atom is -0.351 e. The van der Waals surface area contributed by atoms with Crippen LogP contribution in [0.4, 0.5) is 4.39 Å². The SMILES string of the molecule is O=C(NC1CCN(Cc2ccc(F)cc2)CC1)C1CC2CCCCC2N1C(=O)c1ccccc1. The number of likely N-dealkylation sites (tertiary alicyclic amines) is 2. The average Bonchev–Trinajstić information content (AvgIpc) is 3.26. The minimum absolute atomic E-state index is 0.00988. The van der Waals surface area contributed by atoms with Gasteiger partial charge in [0.15, 0.2) is 0 Å². The first-order chi connectivity index (χ1) is 16.6. The standard InChI is InChI=1S/C28H34FN3O2/c29-23-12-10-20(11-13-23)19-31-16-14-24(15-17-31)30-27(33)26-18-22-8-4-5-9-25(22)32(26)28(34)21-6-2-1-3-7-21/h1-3,6-7,10-13,22,24-26H,4-5,8-9,14-19H2,(H,30,33). The van der Waals surface area contributed by atoms with Gasteiger partial charge in [-0.2, -0.15) is 0 Å². The molecule has 3 atom stereocenters. The van der Waals surface area contributed by atoms with Crippen molar-refractivity contribution in [1.29, 1.82) is 0 Å². The van der Waals surface area contributed by atoms with Crippen LogP contribution in [0.2, 0.25) is 0 Å². The van der Waals surface area contributed by atoms with Crippen LogP contribution in [0.25, 0.3) is 0 Å². The van der Waals surface area contributed by atoms with Gasteiger partial charge in [0.2, 0.25) is 5.91 Å². The van der Waals surface area contributed by atoms with E-state index in [0.717, 1.165) is 63.7 Å². The fourth-order valence-electron chi connectivity index (χ4n) is 6.10. The van der Waals surface area contributed by atoms with E-state index in [4.69, 9.17) is 0 Å². The van der Waals surface area contributed by atoms with Crippen molar-refractivity contribution in [2.75, 3.05) is 13.1 Å². The number of halogens is 1. The summed E-state index contributed by atoms with van der Waals surface area (Å²) >= 11 is 0. The lowest BCUT2D eigenvalue weighted by molar-refractivity contribution is -0.126. The molecule has 3 fully saturated rings. The summed E-state index contributed by atoms with van der Waals surface area (Å²) in [7, 11) is 0. The summed E-state index contributed by atoms with van der Waals surface area (Å²) in [6.07, 6.45) is 6.97. The highest BCUT2D eigenvalue weighted by atomic mass is 19.1. The number of amides is 2. The van der Waals surface area contributed by atoms with Crippen LogP contribution < -0.4 is 5.32 Å². The minimum atomic E-state index is -0.377. The Labute approximate surface area is 201 Å². The van der Waals surface area contributed by atoms with Crippen molar-refractivity contribution in [3.63, 3.8) is 0 Å². The molecule has 5 nitrogen and oxygen atoms in total. The predicted molar refractivity (Wildman–Crippen MR) is 130 cm³/mol. The lowest BCUT2D eigenvalue weighted by Gasteiger charge is -2.35. The number of nitrogens with one attached hydrogen (secondary N) is 1. The molecule has 34 heavy (non-hydrogen) atoms. The van der Waals surface area contributed by atoms with E-state index in [9.17, 15) is 14.0 Å². The van der Waals surface area contributed by atoms with Gasteiger partial charge in [0.1, 0.15) is 11.9 Å². The summed E-state index contributed by atoms with van der Waals surface area (Å²) < 4.78 is 13.2. The fraction of sp³-hybridized carbons (Fsp3) is 0.500. The summed E-state index contributed by atoms with van der Waals surface area (Å²) in [6, 6.07) is 16.0. The van der Waals surface area contributed by atoms with E-state index in [2.05, 4.69) is 10.2 Å². The van der Waals surface area contributed by atoms with Gasteiger partial charge >= 0.3 is 0 Å². The average molecular weight is 464 g/mol. The van der Waals surface area contributed by atoms with Crippen molar-refractivity contribution in [1.82, 2.24) is 15.1 Å². The van der Waals surface area contributed by atoms with Gasteiger partial charge in [0, 0.05) is 37.3 Å². The van der Waals surface area contributed by atoms with Crippen LogP contribution >= 0.6 is 0 Å². The molecule has 1 N–H and O–H groups in total. The largest absolute Gasteiger partial charge is 0.351 e. The van der Waals surface area contributed by atoms with Gasteiger partial charge in [0.05, 0.1) is 0 Å². The first-order valence-corrected chi connectivity index (χ1v) is 12.7. The molecule has 1 saturated carbocycles. The van der Waals surface area contributed by atoms with Gasteiger partial charge in [-0.05, 0) is 67.9 Å². The smallest absolute Gasteiger partial charge is 0.254 e. The molecule has 2 saturated heterocycles. The van der Waals surface area contributed by atoms with E-state index in [1.807, 2.05) is 47.4 Å². The number of carbonyl (C=O) groups excluding carboxylic acids is 2. The molecule has 0 aromatic heterocycles. The molecule has 3 aliphatic rings. The van der Waals surface area contributed by atoms with Crippen LogP contribution in [-0.2, 0) is 11.3 Å². The zero-order chi connectivity index (χ0) is 23.5. The maximum absolute atomic E-state index is 13.5. The number of rotatable bonds is 5. The third-order valence-corrected chi connectivity index (χ3v) is 7.90. The lowest BCUT2D eigenvalue weighted by Crippen LogP contribution is -2.53. The summed E-state index contributed by atoms with van der Waals surface area (Å²) in [5.74, 6) is 0.214. The zero-order valence-electron chi connectivity index (χ0n) is 19.7. The molecule has 180 valence electrons. The van der Waals surface area contributed by atoms with Gasteiger partial charge in [-0.3, -0.25) is 14.5 Å². The number of piperidine rings is 1. The molecule has 2 aromatic rings.